The minimum Gasteiger partial charge on any atom is -0.382 e. The van der Waals surface area contributed by atoms with E-state index in [2.05, 4.69) is 10.3 Å². The number of hydrogen-bond acceptors (Lipinski definition) is 3. The molecule has 1 amide bonds. The average Bonchev–Trinajstić information content (AvgIpc) is 3.04. The lowest BCUT2D eigenvalue weighted by atomic mass is 10.1. The maximum absolute atomic E-state index is 13.1. The van der Waals surface area contributed by atoms with E-state index in [0.29, 0.717) is 5.69 Å². The van der Waals surface area contributed by atoms with Crippen LogP contribution in [0.1, 0.15) is 28.4 Å². The van der Waals surface area contributed by atoms with Gasteiger partial charge in [-0.05, 0) is 49.7 Å². The summed E-state index contributed by atoms with van der Waals surface area (Å²) in [4.78, 5) is 19.5. The van der Waals surface area contributed by atoms with Crippen LogP contribution in [0.5, 0.6) is 0 Å². The Labute approximate surface area is 163 Å². The first-order chi connectivity index (χ1) is 13.5. The van der Waals surface area contributed by atoms with Crippen molar-refractivity contribution < 1.29 is 9.18 Å². The summed E-state index contributed by atoms with van der Waals surface area (Å²) in [5.41, 5.74) is 3.16. The molecule has 0 fully saturated rings. The quantitative estimate of drug-likeness (QED) is 0.746. The molecule has 1 unspecified atom stereocenters. The molecule has 0 radical (unpaired) electrons. The number of hydrogen-bond donors (Lipinski definition) is 1. The highest BCUT2D eigenvalue weighted by Crippen LogP contribution is 2.24. The number of aromatic nitrogens is 2. The van der Waals surface area contributed by atoms with Crippen LogP contribution >= 0.6 is 0 Å². The molecule has 28 heavy (non-hydrogen) atoms. The zero-order valence-corrected chi connectivity index (χ0v) is 16.0. The fraction of sp³-hybridized carbons (Fsp3) is 0.273. The van der Waals surface area contributed by atoms with Crippen LogP contribution in [0, 0.1) is 12.7 Å². The zero-order valence-electron chi connectivity index (χ0n) is 16.0. The van der Waals surface area contributed by atoms with E-state index >= 15 is 0 Å². The molecule has 0 bridgehead atoms. The molecule has 1 aromatic heterocycles. The number of anilines is 2. The summed E-state index contributed by atoms with van der Waals surface area (Å²) in [7, 11) is 1.79. The number of aryl methyl sites for hydroxylation is 1. The normalized spacial score (nSPS) is 15.8. The summed E-state index contributed by atoms with van der Waals surface area (Å²) >= 11 is 0. The Morgan fingerprint density at radius 2 is 1.89 bits per heavy atom. The first-order valence-electron chi connectivity index (χ1n) is 9.44. The molecule has 0 spiro atoms. The fourth-order valence-corrected chi connectivity index (χ4v) is 3.74. The van der Waals surface area contributed by atoms with Crippen molar-refractivity contribution in [3.63, 3.8) is 0 Å². The van der Waals surface area contributed by atoms with Crippen LogP contribution in [0.15, 0.2) is 54.6 Å². The highest BCUT2D eigenvalue weighted by molar-refractivity contribution is 6.05. The fourth-order valence-electron chi connectivity index (χ4n) is 3.74. The van der Waals surface area contributed by atoms with Gasteiger partial charge in [0.2, 0.25) is 0 Å². The number of fused-ring (bicyclic) bond motifs is 1. The molecule has 1 N–H and O–H groups in total. The van der Waals surface area contributed by atoms with Crippen molar-refractivity contribution in [3.8, 4) is 0 Å². The number of rotatable bonds is 4. The number of halogens is 1. The average molecular weight is 378 g/mol. The molecule has 0 saturated heterocycles. The van der Waals surface area contributed by atoms with Crippen LogP contribution in [-0.2, 0) is 13.0 Å². The van der Waals surface area contributed by atoms with Gasteiger partial charge in [-0.3, -0.25) is 4.79 Å². The Kier molecular flexibility index (Phi) is 4.86. The Morgan fingerprint density at radius 3 is 2.61 bits per heavy atom. The molecule has 1 aliphatic heterocycles. The molecular formula is C22H23FN4O. The molecule has 0 aliphatic carbocycles. The highest BCUT2D eigenvalue weighted by atomic mass is 19.1. The van der Waals surface area contributed by atoms with Gasteiger partial charge in [-0.25, -0.2) is 9.37 Å². The maximum Gasteiger partial charge on any atom is 0.276 e. The highest BCUT2D eigenvalue weighted by Gasteiger charge is 2.28. The number of carbonyl (C=O) groups excluding carboxylic acids is 1. The number of amides is 1. The van der Waals surface area contributed by atoms with Crippen molar-refractivity contribution in [2.75, 3.05) is 17.3 Å². The zero-order chi connectivity index (χ0) is 19.7. The lowest BCUT2D eigenvalue weighted by molar-refractivity contribution is 0.0982. The van der Waals surface area contributed by atoms with Gasteiger partial charge in [0.05, 0.1) is 5.69 Å². The second-order valence-electron chi connectivity index (χ2n) is 7.15. The van der Waals surface area contributed by atoms with Crippen molar-refractivity contribution in [2.24, 2.45) is 0 Å². The second-order valence-corrected chi connectivity index (χ2v) is 7.15. The van der Waals surface area contributed by atoms with Crippen LogP contribution in [0.25, 0.3) is 0 Å². The summed E-state index contributed by atoms with van der Waals surface area (Å²) < 4.78 is 15.1. The Morgan fingerprint density at radius 1 is 1.18 bits per heavy atom. The van der Waals surface area contributed by atoms with Crippen molar-refractivity contribution >= 4 is 17.3 Å². The van der Waals surface area contributed by atoms with Crippen LogP contribution in [0.3, 0.4) is 0 Å². The number of carbonyl (C=O) groups is 1. The van der Waals surface area contributed by atoms with Gasteiger partial charge in [-0.1, -0.05) is 18.2 Å². The molecule has 1 atom stereocenters. The predicted octanol–water partition coefficient (Wildman–Crippen LogP) is 4.03. The SMILES string of the molecule is Cc1nc2n(c1C(=O)N(C)c1ccccc1)CCC(Nc1ccc(F)cc1)C2. The number of para-hydroxylation sites is 1. The van der Waals surface area contributed by atoms with E-state index in [1.54, 1.807) is 24.1 Å². The molecule has 2 aromatic carbocycles. The summed E-state index contributed by atoms with van der Waals surface area (Å²) in [5, 5.41) is 3.44. The Balaban J connectivity index is 1.53. The van der Waals surface area contributed by atoms with E-state index in [9.17, 15) is 9.18 Å². The van der Waals surface area contributed by atoms with Gasteiger partial charge in [0.1, 0.15) is 17.3 Å². The molecule has 3 aromatic rings. The third-order valence-electron chi connectivity index (χ3n) is 5.22. The second kappa shape index (κ2) is 7.46. The topological polar surface area (TPSA) is 50.2 Å². The molecular weight excluding hydrogens is 355 g/mol. The molecule has 6 heteroatoms. The van der Waals surface area contributed by atoms with Gasteiger partial charge in [0.15, 0.2) is 0 Å². The number of imidazole rings is 1. The van der Waals surface area contributed by atoms with Gasteiger partial charge in [0, 0.05) is 37.4 Å². The largest absolute Gasteiger partial charge is 0.382 e. The van der Waals surface area contributed by atoms with Gasteiger partial charge in [0.25, 0.3) is 5.91 Å². The summed E-state index contributed by atoms with van der Waals surface area (Å²) in [6, 6.07) is 16.2. The van der Waals surface area contributed by atoms with Crippen LogP contribution in [0.2, 0.25) is 0 Å². The van der Waals surface area contributed by atoms with E-state index in [1.165, 1.54) is 12.1 Å². The monoisotopic (exact) mass is 378 g/mol. The van der Waals surface area contributed by atoms with Gasteiger partial charge in [-0.15, -0.1) is 0 Å². The minimum atomic E-state index is -0.244. The smallest absolute Gasteiger partial charge is 0.276 e. The number of benzene rings is 2. The van der Waals surface area contributed by atoms with Crippen molar-refractivity contribution in [1.82, 2.24) is 9.55 Å². The van der Waals surface area contributed by atoms with E-state index < -0.39 is 0 Å². The van der Waals surface area contributed by atoms with Crippen LogP contribution < -0.4 is 10.2 Å². The maximum atomic E-state index is 13.1. The summed E-state index contributed by atoms with van der Waals surface area (Å²) in [6.07, 6.45) is 1.59. The standard InChI is InChI=1S/C22H23FN4O/c1-15-21(22(28)26(2)19-6-4-3-5-7-19)27-13-12-18(14-20(27)24-15)25-17-10-8-16(23)9-11-17/h3-11,18,25H,12-14H2,1-2H3. The lowest BCUT2D eigenvalue weighted by Gasteiger charge is -2.27. The van der Waals surface area contributed by atoms with Crippen molar-refractivity contribution in [1.29, 1.82) is 0 Å². The lowest BCUT2D eigenvalue weighted by Crippen LogP contribution is -2.34. The molecule has 4 rings (SSSR count). The minimum absolute atomic E-state index is 0.0487. The van der Waals surface area contributed by atoms with Crippen molar-refractivity contribution in [2.45, 2.75) is 32.4 Å². The van der Waals surface area contributed by atoms with E-state index in [4.69, 9.17) is 0 Å². The number of nitrogens with one attached hydrogen (secondary N) is 1. The van der Waals surface area contributed by atoms with E-state index in [-0.39, 0.29) is 17.8 Å². The first-order valence-corrected chi connectivity index (χ1v) is 9.44. The Bertz CT molecular complexity index is 982. The predicted molar refractivity (Wildman–Crippen MR) is 108 cm³/mol. The summed E-state index contributed by atoms with van der Waals surface area (Å²) in [6.45, 7) is 2.61. The summed E-state index contributed by atoms with van der Waals surface area (Å²) in [5.74, 6) is 0.617. The van der Waals surface area contributed by atoms with Crippen LogP contribution in [-0.4, -0.2) is 28.5 Å². The molecule has 5 nitrogen and oxygen atoms in total. The van der Waals surface area contributed by atoms with Gasteiger partial charge in [-0.2, -0.15) is 0 Å². The third-order valence-corrected chi connectivity index (χ3v) is 5.22. The molecule has 144 valence electrons. The van der Waals surface area contributed by atoms with Crippen LogP contribution in [0.4, 0.5) is 15.8 Å². The van der Waals surface area contributed by atoms with Gasteiger partial charge < -0.3 is 14.8 Å². The molecule has 1 aliphatic rings. The van der Waals surface area contributed by atoms with Gasteiger partial charge >= 0.3 is 0 Å². The third kappa shape index (κ3) is 3.50. The molecule has 2 heterocycles. The van der Waals surface area contributed by atoms with E-state index in [1.807, 2.05) is 41.8 Å². The first kappa shape index (κ1) is 18.2. The van der Waals surface area contributed by atoms with E-state index in [0.717, 1.165) is 42.3 Å². The Hall–Kier alpha value is -3.15. The van der Waals surface area contributed by atoms with Crippen molar-refractivity contribution in [3.05, 3.63) is 77.6 Å². The number of nitrogens with zero attached hydrogens (tertiary/aromatic N) is 3. The molecule has 0 saturated carbocycles.